The molecule has 1 rings (SSSR count). The SMILES string of the molecule is COC(=O)C(=O)c1sc(C)cc1Br. The third-order valence-electron chi connectivity index (χ3n) is 1.39. The Kier molecular flexibility index (Phi) is 3.22. The van der Waals surface area contributed by atoms with Crippen molar-refractivity contribution in [1.82, 2.24) is 0 Å². The predicted octanol–water partition coefficient (Wildman–Crippen LogP) is 2.17. The van der Waals surface area contributed by atoms with Crippen LogP contribution in [-0.4, -0.2) is 18.9 Å². The van der Waals surface area contributed by atoms with Gasteiger partial charge in [0.2, 0.25) is 0 Å². The molecule has 0 bridgehead atoms. The number of hydrogen-bond donors (Lipinski definition) is 0. The van der Waals surface area contributed by atoms with Crippen molar-refractivity contribution < 1.29 is 14.3 Å². The number of halogens is 1. The van der Waals surface area contributed by atoms with Crippen molar-refractivity contribution in [3.8, 4) is 0 Å². The number of carbonyl (C=O) groups is 2. The summed E-state index contributed by atoms with van der Waals surface area (Å²) in [5.41, 5.74) is 0. The summed E-state index contributed by atoms with van der Waals surface area (Å²) >= 11 is 4.47. The Labute approximate surface area is 87.8 Å². The van der Waals surface area contributed by atoms with Crippen molar-refractivity contribution in [3.05, 3.63) is 20.3 Å². The molecule has 0 aliphatic rings. The minimum Gasteiger partial charge on any atom is -0.463 e. The zero-order valence-corrected chi connectivity index (χ0v) is 9.49. The molecule has 0 spiro atoms. The van der Waals surface area contributed by atoms with E-state index in [1.165, 1.54) is 18.4 Å². The van der Waals surface area contributed by atoms with E-state index in [2.05, 4.69) is 20.7 Å². The zero-order valence-electron chi connectivity index (χ0n) is 7.09. The Bertz CT molecular complexity index is 356. The number of methoxy groups -OCH3 is 1. The molecule has 0 fully saturated rings. The largest absolute Gasteiger partial charge is 0.463 e. The first-order chi connectivity index (χ1) is 6.06. The summed E-state index contributed by atoms with van der Waals surface area (Å²) in [6.07, 6.45) is 0. The molecule has 0 radical (unpaired) electrons. The molecule has 0 aliphatic heterocycles. The molecule has 0 aromatic carbocycles. The third-order valence-corrected chi connectivity index (χ3v) is 3.32. The summed E-state index contributed by atoms with van der Waals surface area (Å²) in [5.74, 6) is -1.44. The summed E-state index contributed by atoms with van der Waals surface area (Å²) in [7, 11) is 1.19. The molecule has 1 aromatic rings. The number of rotatable bonds is 2. The van der Waals surface area contributed by atoms with E-state index in [0.717, 1.165) is 4.88 Å². The number of esters is 1. The average molecular weight is 263 g/mol. The van der Waals surface area contributed by atoms with Crippen molar-refractivity contribution in [2.24, 2.45) is 0 Å². The highest BCUT2D eigenvalue weighted by atomic mass is 79.9. The Morgan fingerprint density at radius 3 is 2.54 bits per heavy atom. The summed E-state index contributed by atoms with van der Waals surface area (Å²) in [5, 5.41) is 0. The molecule has 0 unspecified atom stereocenters. The van der Waals surface area contributed by atoms with Crippen LogP contribution >= 0.6 is 27.3 Å². The molecule has 5 heteroatoms. The minimum absolute atomic E-state index is 0.393. The molecule has 0 amide bonds. The van der Waals surface area contributed by atoms with E-state index in [1.54, 1.807) is 6.07 Å². The highest BCUT2D eigenvalue weighted by Gasteiger charge is 2.21. The number of Topliss-reactive ketones (excluding diaryl/α,β-unsaturated/α-hetero) is 1. The Hall–Kier alpha value is -0.680. The van der Waals surface area contributed by atoms with Crippen LogP contribution in [0, 0.1) is 6.92 Å². The quantitative estimate of drug-likeness (QED) is 0.466. The molecule has 0 aliphatic carbocycles. The molecule has 0 atom stereocenters. The van der Waals surface area contributed by atoms with Gasteiger partial charge >= 0.3 is 5.97 Å². The molecule has 0 N–H and O–H groups in total. The second-order valence-electron chi connectivity index (χ2n) is 2.35. The fraction of sp³-hybridized carbons (Fsp3) is 0.250. The van der Waals surface area contributed by atoms with Gasteiger partial charge in [0.05, 0.1) is 12.0 Å². The van der Waals surface area contributed by atoms with Gasteiger partial charge in [-0.2, -0.15) is 0 Å². The second-order valence-corrected chi connectivity index (χ2v) is 4.47. The lowest BCUT2D eigenvalue weighted by Crippen LogP contribution is -2.14. The smallest absolute Gasteiger partial charge is 0.380 e. The first-order valence-electron chi connectivity index (χ1n) is 3.45. The molecule has 3 nitrogen and oxygen atoms in total. The Morgan fingerprint density at radius 2 is 2.15 bits per heavy atom. The fourth-order valence-electron chi connectivity index (χ4n) is 0.823. The summed E-state index contributed by atoms with van der Waals surface area (Å²) in [6.45, 7) is 1.86. The first kappa shape index (κ1) is 10.4. The van der Waals surface area contributed by atoms with E-state index >= 15 is 0 Å². The predicted molar refractivity (Wildman–Crippen MR) is 53.1 cm³/mol. The lowest BCUT2D eigenvalue weighted by atomic mass is 10.3. The van der Waals surface area contributed by atoms with Crippen LogP contribution in [0.5, 0.6) is 0 Å². The summed E-state index contributed by atoms with van der Waals surface area (Å²) in [6, 6.07) is 1.79. The first-order valence-corrected chi connectivity index (χ1v) is 5.05. The molecule has 0 saturated heterocycles. The monoisotopic (exact) mass is 262 g/mol. The van der Waals surface area contributed by atoms with Gasteiger partial charge in [0, 0.05) is 9.35 Å². The average Bonchev–Trinajstić information content (AvgIpc) is 2.42. The summed E-state index contributed by atoms with van der Waals surface area (Å²) in [4.78, 5) is 23.6. The highest BCUT2D eigenvalue weighted by molar-refractivity contribution is 9.10. The minimum atomic E-state index is -0.831. The van der Waals surface area contributed by atoms with Gasteiger partial charge in [-0.25, -0.2) is 4.79 Å². The number of carbonyl (C=O) groups excluding carboxylic acids is 2. The number of aryl methyl sites for hydroxylation is 1. The van der Waals surface area contributed by atoms with Gasteiger partial charge in [0.25, 0.3) is 5.78 Å². The Balaban J connectivity index is 3.01. The van der Waals surface area contributed by atoms with Crippen LogP contribution < -0.4 is 0 Å². The van der Waals surface area contributed by atoms with Crippen LogP contribution in [0.15, 0.2) is 10.5 Å². The maximum Gasteiger partial charge on any atom is 0.380 e. The molecule has 1 heterocycles. The molecule has 13 heavy (non-hydrogen) atoms. The molecule has 70 valence electrons. The van der Waals surface area contributed by atoms with Gasteiger partial charge < -0.3 is 4.74 Å². The summed E-state index contributed by atoms with van der Waals surface area (Å²) < 4.78 is 4.97. The standard InChI is InChI=1S/C8H7BrO3S/c1-4-3-5(9)7(13-4)6(10)8(11)12-2/h3H,1-2H3. The van der Waals surface area contributed by atoms with Crippen LogP contribution in [0.2, 0.25) is 0 Å². The second kappa shape index (κ2) is 4.02. The topological polar surface area (TPSA) is 43.4 Å². The van der Waals surface area contributed by atoms with Crippen LogP contribution in [0.4, 0.5) is 0 Å². The molecular weight excluding hydrogens is 256 g/mol. The number of hydrogen-bond acceptors (Lipinski definition) is 4. The van der Waals surface area contributed by atoms with Gasteiger partial charge in [0.1, 0.15) is 0 Å². The van der Waals surface area contributed by atoms with E-state index in [9.17, 15) is 9.59 Å². The van der Waals surface area contributed by atoms with E-state index in [0.29, 0.717) is 9.35 Å². The van der Waals surface area contributed by atoms with E-state index < -0.39 is 11.8 Å². The molecule has 0 saturated carbocycles. The van der Waals surface area contributed by atoms with Crippen molar-refractivity contribution >= 4 is 39.0 Å². The van der Waals surface area contributed by atoms with Gasteiger partial charge in [-0.1, -0.05) is 0 Å². The molecule has 1 aromatic heterocycles. The van der Waals surface area contributed by atoms with E-state index in [4.69, 9.17) is 0 Å². The molecular formula is C8H7BrO3S. The van der Waals surface area contributed by atoms with Crippen molar-refractivity contribution in [2.45, 2.75) is 6.92 Å². The lowest BCUT2D eigenvalue weighted by molar-refractivity contribution is -0.135. The zero-order chi connectivity index (χ0) is 10.0. The number of thiophene rings is 1. The van der Waals surface area contributed by atoms with Crippen LogP contribution in [0.1, 0.15) is 14.5 Å². The normalized spacial score (nSPS) is 9.77. The maximum atomic E-state index is 11.3. The fourth-order valence-corrected chi connectivity index (χ4v) is 2.57. The highest BCUT2D eigenvalue weighted by Crippen LogP contribution is 2.27. The third kappa shape index (κ3) is 2.16. The lowest BCUT2D eigenvalue weighted by Gasteiger charge is -1.95. The maximum absolute atomic E-state index is 11.3. The van der Waals surface area contributed by atoms with Crippen LogP contribution in [0.25, 0.3) is 0 Å². The van der Waals surface area contributed by atoms with Gasteiger partial charge in [-0.3, -0.25) is 4.79 Å². The van der Waals surface area contributed by atoms with Crippen LogP contribution in [0.3, 0.4) is 0 Å². The van der Waals surface area contributed by atoms with E-state index in [1.807, 2.05) is 6.92 Å². The van der Waals surface area contributed by atoms with Crippen molar-refractivity contribution in [1.29, 1.82) is 0 Å². The Morgan fingerprint density at radius 1 is 1.54 bits per heavy atom. The van der Waals surface area contributed by atoms with Crippen molar-refractivity contribution in [2.75, 3.05) is 7.11 Å². The van der Waals surface area contributed by atoms with Crippen LogP contribution in [-0.2, 0) is 9.53 Å². The van der Waals surface area contributed by atoms with Crippen molar-refractivity contribution in [3.63, 3.8) is 0 Å². The van der Waals surface area contributed by atoms with Gasteiger partial charge in [-0.05, 0) is 28.9 Å². The van der Waals surface area contributed by atoms with Gasteiger partial charge in [0.15, 0.2) is 0 Å². The van der Waals surface area contributed by atoms with Gasteiger partial charge in [-0.15, -0.1) is 11.3 Å². The number of ether oxygens (including phenoxy) is 1. The van der Waals surface area contributed by atoms with E-state index in [-0.39, 0.29) is 0 Å². The number of ketones is 1.